The average Bonchev–Trinajstić information content (AvgIpc) is 2.59. The van der Waals surface area contributed by atoms with Gasteiger partial charge in [0, 0.05) is 19.5 Å². The Morgan fingerprint density at radius 1 is 1.13 bits per heavy atom. The quantitative estimate of drug-likeness (QED) is 0.785. The lowest BCUT2D eigenvalue weighted by Gasteiger charge is -2.29. The van der Waals surface area contributed by atoms with E-state index < -0.39 is 5.97 Å². The van der Waals surface area contributed by atoms with Crippen molar-refractivity contribution in [3.8, 4) is 5.75 Å². The first kappa shape index (κ1) is 17.3. The van der Waals surface area contributed by atoms with Crippen LogP contribution in [0, 0.1) is 11.8 Å². The van der Waals surface area contributed by atoms with E-state index in [1.807, 2.05) is 37.4 Å². The Balaban J connectivity index is 1.66. The van der Waals surface area contributed by atoms with Crippen molar-refractivity contribution in [2.75, 3.05) is 20.2 Å². The molecule has 126 valence electrons. The van der Waals surface area contributed by atoms with Crippen LogP contribution < -0.4 is 4.74 Å². The summed E-state index contributed by atoms with van der Waals surface area (Å²) in [6, 6.07) is 9.63. The van der Waals surface area contributed by atoms with E-state index in [0.717, 1.165) is 12.2 Å². The molecule has 1 saturated carbocycles. The van der Waals surface area contributed by atoms with Crippen LogP contribution in [0.5, 0.6) is 5.75 Å². The number of benzene rings is 1. The number of hydrogen-bond donors (Lipinski definition) is 1. The van der Waals surface area contributed by atoms with Crippen molar-refractivity contribution < 1.29 is 19.4 Å². The minimum Gasteiger partial charge on any atom is -0.494 e. The maximum absolute atomic E-state index is 12.4. The Kier molecular flexibility index (Phi) is 6.44. The molecule has 1 N–H and O–H groups in total. The summed E-state index contributed by atoms with van der Waals surface area (Å²) >= 11 is 0. The normalized spacial score (nSPS) is 20.7. The summed E-state index contributed by atoms with van der Waals surface area (Å²) in [7, 11) is 1.81. The van der Waals surface area contributed by atoms with Gasteiger partial charge in [0.05, 0.1) is 12.5 Å². The molecule has 1 aromatic carbocycles. The molecular formula is C18H25NO4. The number of amides is 1. The molecule has 0 unspecified atom stereocenters. The van der Waals surface area contributed by atoms with Crippen LogP contribution in [0.2, 0.25) is 0 Å². The van der Waals surface area contributed by atoms with Gasteiger partial charge in [-0.25, -0.2) is 0 Å². The second-order valence-electron chi connectivity index (χ2n) is 6.16. The summed E-state index contributed by atoms with van der Waals surface area (Å²) in [5.74, 6) is -0.0568. The van der Waals surface area contributed by atoms with Gasteiger partial charge in [0.15, 0.2) is 0 Å². The zero-order valence-corrected chi connectivity index (χ0v) is 13.6. The van der Waals surface area contributed by atoms with Crippen LogP contribution in [0.25, 0.3) is 0 Å². The second kappa shape index (κ2) is 8.56. The number of carbonyl (C=O) groups is 2. The lowest BCUT2D eigenvalue weighted by atomic mass is 9.81. The minimum atomic E-state index is -0.734. The molecule has 1 amide bonds. The summed E-state index contributed by atoms with van der Waals surface area (Å²) in [6.07, 6.45) is 3.36. The van der Waals surface area contributed by atoms with Crippen molar-refractivity contribution in [3.63, 3.8) is 0 Å². The monoisotopic (exact) mass is 319 g/mol. The molecule has 0 atom stereocenters. The molecule has 0 spiro atoms. The second-order valence-corrected chi connectivity index (χ2v) is 6.16. The number of carbonyl (C=O) groups excluding carboxylic acids is 1. The fraction of sp³-hybridized carbons (Fsp3) is 0.556. The number of carboxylic acid groups (broad SMARTS) is 1. The molecule has 0 saturated heterocycles. The van der Waals surface area contributed by atoms with Gasteiger partial charge in [-0.15, -0.1) is 0 Å². The van der Waals surface area contributed by atoms with E-state index in [4.69, 9.17) is 9.84 Å². The molecule has 1 fully saturated rings. The van der Waals surface area contributed by atoms with E-state index in [1.165, 1.54) is 0 Å². The van der Waals surface area contributed by atoms with E-state index in [-0.39, 0.29) is 17.7 Å². The SMILES string of the molecule is CN(CCCOc1ccccc1)C(=O)C1CCC(C(=O)O)CC1. The summed E-state index contributed by atoms with van der Waals surface area (Å²) in [5.41, 5.74) is 0. The molecule has 2 rings (SSSR count). The fourth-order valence-corrected chi connectivity index (χ4v) is 3.02. The van der Waals surface area contributed by atoms with E-state index in [0.29, 0.717) is 38.8 Å². The van der Waals surface area contributed by atoms with Gasteiger partial charge in [-0.1, -0.05) is 18.2 Å². The van der Waals surface area contributed by atoms with Crippen molar-refractivity contribution in [3.05, 3.63) is 30.3 Å². The van der Waals surface area contributed by atoms with Crippen LogP contribution in [-0.4, -0.2) is 42.1 Å². The topological polar surface area (TPSA) is 66.8 Å². The predicted molar refractivity (Wildman–Crippen MR) is 87.3 cm³/mol. The summed E-state index contributed by atoms with van der Waals surface area (Å²) in [4.78, 5) is 25.1. The molecule has 0 heterocycles. The smallest absolute Gasteiger partial charge is 0.306 e. The summed E-state index contributed by atoms with van der Waals surface area (Å²) in [5, 5.41) is 9.00. The first-order valence-electron chi connectivity index (χ1n) is 8.23. The zero-order valence-electron chi connectivity index (χ0n) is 13.6. The summed E-state index contributed by atoms with van der Waals surface area (Å²) < 4.78 is 5.62. The van der Waals surface area contributed by atoms with Crippen LogP contribution in [0.15, 0.2) is 30.3 Å². The van der Waals surface area contributed by atoms with Gasteiger partial charge in [-0.2, -0.15) is 0 Å². The van der Waals surface area contributed by atoms with E-state index in [9.17, 15) is 9.59 Å². The molecule has 0 radical (unpaired) electrons. The van der Waals surface area contributed by atoms with Crippen molar-refractivity contribution in [2.45, 2.75) is 32.1 Å². The Labute approximate surface area is 137 Å². The van der Waals surface area contributed by atoms with Crippen molar-refractivity contribution >= 4 is 11.9 Å². The van der Waals surface area contributed by atoms with Gasteiger partial charge in [-0.05, 0) is 44.2 Å². The van der Waals surface area contributed by atoms with Gasteiger partial charge in [0.2, 0.25) is 5.91 Å². The lowest BCUT2D eigenvalue weighted by molar-refractivity contribution is -0.145. The van der Waals surface area contributed by atoms with Gasteiger partial charge < -0.3 is 14.7 Å². The van der Waals surface area contributed by atoms with Gasteiger partial charge in [0.1, 0.15) is 5.75 Å². The number of ether oxygens (including phenoxy) is 1. The first-order valence-corrected chi connectivity index (χ1v) is 8.23. The Bertz CT molecular complexity index is 509. The third-order valence-electron chi connectivity index (χ3n) is 4.45. The largest absolute Gasteiger partial charge is 0.494 e. The Morgan fingerprint density at radius 2 is 1.74 bits per heavy atom. The molecule has 1 aliphatic rings. The summed E-state index contributed by atoms with van der Waals surface area (Å²) in [6.45, 7) is 1.23. The third-order valence-corrected chi connectivity index (χ3v) is 4.45. The molecule has 5 nitrogen and oxygen atoms in total. The van der Waals surface area contributed by atoms with E-state index in [2.05, 4.69) is 0 Å². The van der Waals surface area contributed by atoms with Crippen LogP contribution in [-0.2, 0) is 9.59 Å². The molecule has 23 heavy (non-hydrogen) atoms. The van der Waals surface area contributed by atoms with E-state index in [1.54, 1.807) is 4.90 Å². The number of carboxylic acids is 1. The molecule has 5 heteroatoms. The number of hydrogen-bond acceptors (Lipinski definition) is 3. The molecule has 1 aromatic rings. The highest BCUT2D eigenvalue weighted by Crippen LogP contribution is 2.30. The molecular weight excluding hydrogens is 294 g/mol. The lowest BCUT2D eigenvalue weighted by Crippen LogP contribution is -2.36. The number of aliphatic carboxylic acids is 1. The van der Waals surface area contributed by atoms with Crippen molar-refractivity contribution in [1.82, 2.24) is 4.90 Å². The van der Waals surface area contributed by atoms with Crippen LogP contribution >= 0.6 is 0 Å². The predicted octanol–water partition coefficient (Wildman–Crippen LogP) is 2.80. The van der Waals surface area contributed by atoms with Gasteiger partial charge in [-0.3, -0.25) is 9.59 Å². The highest BCUT2D eigenvalue weighted by atomic mass is 16.5. The first-order chi connectivity index (χ1) is 11.1. The van der Waals surface area contributed by atoms with Crippen LogP contribution in [0.3, 0.4) is 0 Å². The van der Waals surface area contributed by atoms with Crippen LogP contribution in [0.1, 0.15) is 32.1 Å². The maximum atomic E-state index is 12.4. The van der Waals surface area contributed by atoms with Gasteiger partial charge in [0.25, 0.3) is 0 Å². The zero-order chi connectivity index (χ0) is 16.7. The Hall–Kier alpha value is -2.04. The average molecular weight is 319 g/mol. The molecule has 0 aromatic heterocycles. The molecule has 1 aliphatic carbocycles. The number of rotatable bonds is 7. The maximum Gasteiger partial charge on any atom is 0.306 e. The number of nitrogens with zero attached hydrogens (tertiary/aromatic N) is 1. The Morgan fingerprint density at radius 3 is 2.35 bits per heavy atom. The van der Waals surface area contributed by atoms with Gasteiger partial charge >= 0.3 is 5.97 Å². The number of para-hydroxylation sites is 1. The fourth-order valence-electron chi connectivity index (χ4n) is 3.02. The van der Waals surface area contributed by atoms with Crippen molar-refractivity contribution in [1.29, 1.82) is 0 Å². The third kappa shape index (κ3) is 5.27. The highest BCUT2D eigenvalue weighted by molar-refractivity contribution is 5.79. The highest BCUT2D eigenvalue weighted by Gasteiger charge is 2.30. The molecule has 0 bridgehead atoms. The molecule has 0 aliphatic heterocycles. The van der Waals surface area contributed by atoms with Crippen molar-refractivity contribution in [2.24, 2.45) is 11.8 Å². The van der Waals surface area contributed by atoms with Crippen LogP contribution in [0.4, 0.5) is 0 Å². The standard InChI is InChI=1S/C18H25NO4/c1-19(12-5-13-23-16-6-3-2-4-7-16)17(20)14-8-10-15(11-9-14)18(21)22/h2-4,6-7,14-15H,5,8-13H2,1H3,(H,21,22). The van der Waals surface area contributed by atoms with E-state index >= 15 is 0 Å². The minimum absolute atomic E-state index is 0.0226.